The van der Waals surface area contributed by atoms with Crippen molar-refractivity contribution in [1.82, 2.24) is 4.98 Å². The van der Waals surface area contributed by atoms with Gasteiger partial charge in [-0.05, 0) is 37.3 Å². The lowest BCUT2D eigenvalue weighted by atomic mass is 9.94. The van der Waals surface area contributed by atoms with E-state index >= 15 is 0 Å². The van der Waals surface area contributed by atoms with Gasteiger partial charge in [0, 0.05) is 19.3 Å². The minimum absolute atomic E-state index is 0.428. The fourth-order valence-electron chi connectivity index (χ4n) is 2.40. The predicted molar refractivity (Wildman–Crippen MR) is 70.1 cm³/mol. The summed E-state index contributed by atoms with van der Waals surface area (Å²) in [6.45, 7) is 6.26. The summed E-state index contributed by atoms with van der Waals surface area (Å²) >= 11 is 0. The van der Waals surface area contributed by atoms with Crippen molar-refractivity contribution in [3.8, 4) is 0 Å². The van der Waals surface area contributed by atoms with Crippen molar-refractivity contribution in [2.45, 2.75) is 39.2 Å². The fourth-order valence-corrected chi connectivity index (χ4v) is 2.40. The van der Waals surface area contributed by atoms with Gasteiger partial charge in [0.2, 0.25) is 0 Å². The highest BCUT2D eigenvalue weighted by atomic mass is 16.3. The van der Waals surface area contributed by atoms with Gasteiger partial charge in [-0.2, -0.15) is 0 Å². The molecule has 1 atom stereocenters. The maximum Gasteiger partial charge on any atom is 0.128 e. The van der Waals surface area contributed by atoms with E-state index in [1.165, 1.54) is 19.3 Å². The number of anilines is 1. The first kappa shape index (κ1) is 12.4. The smallest absolute Gasteiger partial charge is 0.128 e. The summed E-state index contributed by atoms with van der Waals surface area (Å²) in [5, 5.41) is 9.44. The lowest BCUT2D eigenvalue weighted by molar-refractivity contribution is 0.199. The van der Waals surface area contributed by atoms with E-state index in [2.05, 4.69) is 16.8 Å². The van der Waals surface area contributed by atoms with Crippen molar-refractivity contribution in [1.29, 1.82) is 0 Å². The van der Waals surface area contributed by atoms with E-state index in [4.69, 9.17) is 0 Å². The van der Waals surface area contributed by atoms with E-state index in [1.807, 2.05) is 12.1 Å². The van der Waals surface area contributed by atoms with Crippen molar-refractivity contribution in [3.05, 3.63) is 23.9 Å². The molecule has 2 heterocycles. The number of aromatic nitrogens is 1. The summed E-state index contributed by atoms with van der Waals surface area (Å²) in [5.74, 6) is 1.94. The molecule has 0 spiro atoms. The fraction of sp³-hybridized carbons (Fsp3) is 0.643. The molecule has 1 N–H and O–H groups in total. The normalized spacial score (nSPS) is 19.4. The molecular formula is C14H22N2O. The van der Waals surface area contributed by atoms with Gasteiger partial charge < -0.3 is 10.0 Å². The molecule has 0 aliphatic carbocycles. The molecule has 0 bridgehead atoms. The van der Waals surface area contributed by atoms with E-state index in [1.54, 1.807) is 13.1 Å². The van der Waals surface area contributed by atoms with Crippen LogP contribution in [0.1, 0.15) is 44.8 Å². The molecule has 3 heteroatoms. The molecule has 1 fully saturated rings. The topological polar surface area (TPSA) is 36.4 Å². The second kappa shape index (κ2) is 5.50. The standard InChI is InChI=1S/C14H22N2O/c1-3-12-6-8-16(9-7-12)14-5-4-13(10-15-14)11(2)17/h4-5,10-12,17H,3,6-9H2,1-2H3/t11-/m1/s1. The van der Waals surface area contributed by atoms with Crippen molar-refractivity contribution in [3.63, 3.8) is 0 Å². The summed E-state index contributed by atoms with van der Waals surface area (Å²) in [7, 11) is 0. The first-order chi connectivity index (χ1) is 8.20. The van der Waals surface area contributed by atoms with Crippen LogP contribution in [0.2, 0.25) is 0 Å². The third-order valence-electron chi connectivity index (χ3n) is 3.77. The highest BCUT2D eigenvalue weighted by Gasteiger charge is 2.18. The summed E-state index contributed by atoms with van der Waals surface area (Å²) < 4.78 is 0. The molecule has 0 aromatic carbocycles. The number of rotatable bonds is 3. The highest BCUT2D eigenvalue weighted by molar-refractivity contribution is 5.40. The van der Waals surface area contributed by atoms with Gasteiger partial charge in [-0.3, -0.25) is 0 Å². The summed E-state index contributed by atoms with van der Waals surface area (Å²) in [5.41, 5.74) is 0.886. The van der Waals surface area contributed by atoms with Crippen molar-refractivity contribution >= 4 is 5.82 Å². The first-order valence-corrected chi connectivity index (χ1v) is 6.59. The van der Waals surface area contributed by atoms with Gasteiger partial charge in [0.05, 0.1) is 6.10 Å². The minimum Gasteiger partial charge on any atom is -0.389 e. The summed E-state index contributed by atoms with van der Waals surface area (Å²) in [4.78, 5) is 6.79. The first-order valence-electron chi connectivity index (χ1n) is 6.59. The molecule has 0 radical (unpaired) electrons. The van der Waals surface area contributed by atoms with E-state index < -0.39 is 6.10 Å². The van der Waals surface area contributed by atoms with Crippen LogP contribution in [0.25, 0.3) is 0 Å². The quantitative estimate of drug-likeness (QED) is 0.873. The van der Waals surface area contributed by atoms with Crippen LogP contribution in [0.4, 0.5) is 5.82 Å². The Kier molecular flexibility index (Phi) is 4.00. The average molecular weight is 234 g/mol. The van der Waals surface area contributed by atoms with Gasteiger partial charge in [-0.1, -0.05) is 19.4 Å². The number of hydrogen-bond acceptors (Lipinski definition) is 3. The Bertz CT molecular complexity index is 340. The lowest BCUT2D eigenvalue weighted by Crippen LogP contribution is -2.34. The third kappa shape index (κ3) is 2.97. The van der Waals surface area contributed by atoms with E-state index in [9.17, 15) is 5.11 Å². The van der Waals surface area contributed by atoms with Crippen LogP contribution in [-0.4, -0.2) is 23.2 Å². The number of pyridine rings is 1. The second-order valence-corrected chi connectivity index (χ2v) is 4.96. The number of nitrogens with zero attached hydrogens (tertiary/aromatic N) is 2. The van der Waals surface area contributed by atoms with E-state index in [-0.39, 0.29) is 0 Å². The predicted octanol–water partition coefficient (Wildman–Crippen LogP) is 2.76. The van der Waals surface area contributed by atoms with Crippen LogP contribution in [0, 0.1) is 5.92 Å². The summed E-state index contributed by atoms with van der Waals surface area (Å²) in [6.07, 6.45) is 5.20. The van der Waals surface area contributed by atoms with E-state index in [0.717, 1.165) is 30.4 Å². The average Bonchev–Trinajstić information content (AvgIpc) is 2.39. The Morgan fingerprint density at radius 1 is 1.41 bits per heavy atom. The van der Waals surface area contributed by atoms with Crippen LogP contribution in [0.5, 0.6) is 0 Å². The van der Waals surface area contributed by atoms with Gasteiger partial charge in [0.25, 0.3) is 0 Å². The Hall–Kier alpha value is -1.09. The van der Waals surface area contributed by atoms with Crippen LogP contribution in [0.15, 0.2) is 18.3 Å². The molecular weight excluding hydrogens is 212 g/mol. The maximum absolute atomic E-state index is 9.44. The zero-order chi connectivity index (χ0) is 12.3. The van der Waals surface area contributed by atoms with Crippen molar-refractivity contribution in [2.75, 3.05) is 18.0 Å². The molecule has 1 aromatic rings. The van der Waals surface area contributed by atoms with Gasteiger partial charge in [-0.15, -0.1) is 0 Å². The SMILES string of the molecule is CCC1CCN(c2ccc([C@@H](C)O)cn2)CC1. The Morgan fingerprint density at radius 3 is 2.59 bits per heavy atom. The highest BCUT2D eigenvalue weighted by Crippen LogP contribution is 2.24. The lowest BCUT2D eigenvalue weighted by Gasteiger charge is -2.32. The monoisotopic (exact) mass is 234 g/mol. The summed E-state index contributed by atoms with van der Waals surface area (Å²) in [6, 6.07) is 3.99. The number of piperidine rings is 1. The maximum atomic E-state index is 9.44. The molecule has 0 unspecified atom stereocenters. The molecule has 1 aliphatic rings. The minimum atomic E-state index is -0.428. The molecule has 17 heavy (non-hydrogen) atoms. The Morgan fingerprint density at radius 2 is 2.12 bits per heavy atom. The van der Waals surface area contributed by atoms with Gasteiger partial charge in [-0.25, -0.2) is 4.98 Å². The van der Waals surface area contributed by atoms with Crippen LogP contribution in [0.3, 0.4) is 0 Å². The number of aliphatic hydroxyl groups is 1. The molecule has 94 valence electrons. The van der Waals surface area contributed by atoms with Gasteiger partial charge in [0.1, 0.15) is 5.82 Å². The molecule has 1 saturated heterocycles. The van der Waals surface area contributed by atoms with Crippen molar-refractivity contribution < 1.29 is 5.11 Å². The third-order valence-corrected chi connectivity index (χ3v) is 3.77. The van der Waals surface area contributed by atoms with Crippen LogP contribution >= 0.6 is 0 Å². The van der Waals surface area contributed by atoms with Gasteiger partial charge >= 0.3 is 0 Å². The molecule has 1 aliphatic heterocycles. The molecule has 3 nitrogen and oxygen atoms in total. The van der Waals surface area contributed by atoms with Crippen LogP contribution in [-0.2, 0) is 0 Å². The Labute approximate surface area is 103 Å². The largest absolute Gasteiger partial charge is 0.389 e. The Balaban J connectivity index is 1.99. The van der Waals surface area contributed by atoms with E-state index in [0.29, 0.717) is 0 Å². The molecule has 2 rings (SSSR count). The zero-order valence-electron chi connectivity index (χ0n) is 10.8. The second-order valence-electron chi connectivity index (χ2n) is 4.96. The molecule has 0 saturated carbocycles. The number of hydrogen-bond donors (Lipinski definition) is 1. The molecule has 1 aromatic heterocycles. The molecule has 0 amide bonds. The van der Waals surface area contributed by atoms with Gasteiger partial charge in [0.15, 0.2) is 0 Å². The zero-order valence-corrected chi connectivity index (χ0v) is 10.8. The van der Waals surface area contributed by atoms with Crippen molar-refractivity contribution in [2.24, 2.45) is 5.92 Å². The number of aliphatic hydroxyl groups excluding tert-OH is 1. The van der Waals surface area contributed by atoms with Crippen LogP contribution < -0.4 is 4.90 Å².